The van der Waals surface area contributed by atoms with E-state index in [2.05, 4.69) is 57.3 Å². The van der Waals surface area contributed by atoms with Gasteiger partial charge in [0.25, 0.3) is 0 Å². The van der Waals surface area contributed by atoms with Gasteiger partial charge in [0, 0.05) is 7.05 Å². The number of nitrogens with one attached hydrogen (secondary N) is 1. The summed E-state index contributed by atoms with van der Waals surface area (Å²) in [6.45, 7) is 8.61. The van der Waals surface area contributed by atoms with Gasteiger partial charge in [0.2, 0.25) is 5.91 Å². The van der Waals surface area contributed by atoms with Crippen LogP contribution in [-0.4, -0.2) is 15.0 Å². The number of fused-ring (bicyclic) bond motifs is 1. The number of aryl methyl sites for hydroxylation is 1. The zero-order valence-corrected chi connectivity index (χ0v) is 18.0. The Morgan fingerprint density at radius 3 is 2.17 bits per heavy atom. The van der Waals surface area contributed by atoms with E-state index in [1.807, 2.05) is 24.3 Å². The molecule has 1 amide bonds. The van der Waals surface area contributed by atoms with E-state index >= 15 is 0 Å². The fourth-order valence-electron chi connectivity index (χ4n) is 3.85. The van der Waals surface area contributed by atoms with Crippen LogP contribution in [0.15, 0.2) is 53.3 Å². The van der Waals surface area contributed by atoms with Crippen molar-refractivity contribution in [2.75, 3.05) is 0 Å². The van der Waals surface area contributed by atoms with Gasteiger partial charge in [-0.1, -0.05) is 64.1 Å². The molecule has 2 aromatic carbocycles. The molecule has 1 heterocycles. The molecule has 0 saturated carbocycles. The summed E-state index contributed by atoms with van der Waals surface area (Å²) in [5.74, 6) is 0.688. The molecule has 0 radical (unpaired) electrons. The molecule has 1 aromatic heterocycles. The fraction of sp³-hybridized carbons (Fsp3) is 0.417. The summed E-state index contributed by atoms with van der Waals surface area (Å²) in [4.78, 5) is 25.4. The van der Waals surface area contributed by atoms with Crippen LogP contribution in [0.3, 0.4) is 0 Å². The van der Waals surface area contributed by atoms with Crippen LogP contribution in [0.5, 0.6) is 0 Å². The monoisotopic (exact) mass is 393 g/mol. The summed E-state index contributed by atoms with van der Waals surface area (Å²) in [5, 5.41) is 3.13. The first kappa shape index (κ1) is 20.9. The highest BCUT2D eigenvalue weighted by Gasteiger charge is 2.20. The van der Waals surface area contributed by atoms with Crippen molar-refractivity contribution in [1.82, 2.24) is 14.5 Å². The summed E-state index contributed by atoms with van der Waals surface area (Å²) in [5.41, 5.74) is 3.81. The summed E-state index contributed by atoms with van der Waals surface area (Å²) in [7, 11) is 1.73. The Kier molecular flexibility index (Phi) is 6.26. The minimum Gasteiger partial charge on any atom is -0.347 e. The summed E-state index contributed by atoms with van der Waals surface area (Å²) in [6.07, 6.45) is 1.04. The van der Waals surface area contributed by atoms with Gasteiger partial charge in [-0.25, -0.2) is 4.79 Å². The predicted molar refractivity (Wildman–Crippen MR) is 118 cm³/mol. The van der Waals surface area contributed by atoms with Crippen LogP contribution in [0.2, 0.25) is 0 Å². The molecule has 0 aliphatic rings. The first-order chi connectivity index (χ1) is 13.8. The third-order valence-corrected chi connectivity index (χ3v) is 5.32. The summed E-state index contributed by atoms with van der Waals surface area (Å²) in [6, 6.07) is 15.9. The average molecular weight is 394 g/mol. The Hall–Kier alpha value is -2.82. The van der Waals surface area contributed by atoms with Gasteiger partial charge in [0.05, 0.1) is 17.1 Å². The predicted octanol–water partition coefficient (Wildman–Crippen LogP) is 4.05. The Morgan fingerprint density at radius 1 is 0.966 bits per heavy atom. The maximum absolute atomic E-state index is 12.8. The van der Waals surface area contributed by atoms with Gasteiger partial charge in [0.1, 0.15) is 6.54 Å². The van der Waals surface area contributed by atoms with Gasteiger partial charge < -0.3 is 5.32 Å². The van der Waals surface area contributed by atoms with Crippen LogP contribution in [-0.2, 0) is 24.8 Å². The standard InChI is InChI=1S/C24H31N3O2/c1-16(2)14-18-10-12-19(13-11-18)23(17(3)4)25-22(28)15-27-21-9-7-6-8-20(21)26(5)24(27)29/h6-13,16-17,23H,14-15H2,1-5H3,(H,25,28). The van der Waals surface area contributed by atoms with Gasteiger partial charge in [-0.2, -0.15) is 0 Å². The second-order valence-corrected chi connectivity index (χ2v) is 8.55. The molecule has 0 aliphatic heterocycles. The third kappa shape index (κ3) is 4.61. The van der Waals surface area contributed by atoms with Crippen LogP contribution in [0, 0.1) is 11.8 Å². The lowest BCUT2D eigenvalue weighted by Gasteiger charge is -2.23. The highest BCUT2D eigenvalue weighted by molar-refractivity contribution is 5.81. The van der Waals surface area contributed by atoms with Crippen molar-refractivity contribution < 1.29 is 4.79 Å². The lowest BCUT2D eigenvalue weighted by molar-refractivity contribution is -0.122. The fourth-order valence-corrected chi connectivity index (χ4v) is 3.85. The van der Waals surface area contributed by atoms with E-state index in [1.54, 1.807) is 11.6 Å². The van der Waals surface area contributed by atoms with Gasteiger partial charge >= 0.3 is 5.69 Å². The second kappa shape index (κ2) is 8.68. The van der Waals surface area contributed by atoms with E-state index in [0.717, 1.165) is 23.0 Å². The number of para-hydroxylation sites is 2. The van der Waals surface area contributed by atoms with E-state index in [0.29, 0.717) is 5.92 Å². The largest absolute Gasteiger partial charge is 0.347 e. The van der Waals surface area contributed by atoms with Crippen molar-refractivity contribution in [2.45, 2.75) is 46.7 Å². The molecule has 1 unspecified atom stereocenters. The molecule has 3 rings (SSSR count). The molecule has 154 valence electrons. The maximum Gasteiger partial charge on any atom is 0.329 e. The smallest absolute Gasteiger partial charge is 0.329 e. The number of imidazole rings is 1. The Balaban J connectivity index is 1.79. The minimum atomic E-state index is -0.180. The maximum atomic E-state index is 12.8. The normalized spacial score (nSPS) is 12.7. The molecule has 0 spiro atoms. The lowest BCUT2D eigenvalue weighted by atomic mass is 9.93. The number of nitrogens with zero attached hydrogens (tertiary/aromatic N) is 2. The van der Waals surface area contributed by atoms with Crippen LogP contribution in [0.1, 0.15) is 44.9 Å². The number of rotatable bonds is 7. The number of amides is 1. The van der Waals surface area contributed by atoms with Crippen molar-refractivity contribution in [2.24, 2.45) is 18.9 Å². The minimum absolute atomic E-state index is 0.00877. The molecular weight excluding hydrogens is 362 g/mol. The Bertz CT molecular complexity index is 1040. The zero-order chi connectivity index (χ0) is 21.1. The van der Waals surface area contributed by atoms with E-state index in [4.69, 9.17) is 0 Å². The molecule has 0 fully saturated rings. The third-order valence-electron chi connectivity index (χ3n) is 5.32. The van der Waals surface area contributed by atoms with Crippen LogP contribution in [0.25, 0.3) is 11.0 Å². The quantitative estimate of drug-likeness (QED) is 0.658. The second-order valence-electron chi connectivity index (χ2n) is 8.55. The van der Waals surface area contributed by atoms with Crippen molar-refractivity contribution >= 4 is 16.9 Å². The zero-order valence-electron chi connectivity index (χ0n) is 18.0. The SMILES string of the molecule is CC(C)Cc1ccc(C(NC(=O)Cn2c(=O)n(C)c3ccccc32)C(C)C)cc1. The number of carbonyl (C=O) groups is 1. The summed E-state index contributed by atoms with van der Waals surface area (Å²) < 4.78 is 3.11. The molecule has 1 N–H and O–H groups in total. The number of hydrogen-bond donors (Lipinski definition) is 1. The van der Waals surface area contributed by atoms with E-state index in [-0.39, 0.29) is 30.1 Å². The molecule has 29 heavy (non-hydrogen) atoms. The van der Waals surface area contributed by atoms with Crippen molar-refractivity contribution in [1.29, 1.82) is 0 Å². The summed E-state index contributed by atoms with van der Waals surface area (Å²) >= 11 is 0. The van der Waals surface area contributed by atoms with Gasteiger partial charge in [0.15, 0.2) is 0 Å². The van der Waals surface area contributed by atoms with E-state index in [1.165, 1.54) is 10.1 Å². The topological polar surface area (TPSA) is 56.0 Å². The first-order valence-corrected chi connectivity index (χ1v) is 10.3. The molecule has 1 atom stereocenters. The molecule has 5 heteroatoms. The van der Waals surface area contributed by atoms with Gasteiger partial charge in [-0.05, 0) is 41.5 Å². The van der Waals surface area contributed by atoms with Crippen molar-refractivity contribution in [3.05, 3.63) is 70.1 Å². The molecule has 0 bridgehead atoms. The molecule has 3 aromatic rings. The van der Waals surface area contributed by atoms with E-state index in [9.17, 15) is 9.59 Å². The molecule has 0 aliphatic carbocycles. The number of carbonyl (C=O) groups excluding carboxylic acids is 1. The van der Waals surface area contributed by atoms with Gasteiger partial charge in [-0.3, -0.25) is 13.9 Å². The molecule has 5 nitrogen and oxygen atoms in total. The highest BCUT2D eigenvalue weighted by atomic mass is 16.2. The van der Waals surface area contributed by atoms with Gasteiger partial charge in [-0.15, -0.1) is 0 Å². The van der Waals surface area contributed by atoms with Crippen LogP contribution >= 0.6 is 0 Å². The average Bonchev–Trinajstić information content (AvgIpc) is 2.91. The Morgan fingerprint density at radius 2 is 1.59 bits per heavy atom. The van der Waals surface area contributed by atoms with Crippen molar-refractivity contribution in [3.63, 3.8) is 0 Å². The van der Waals surface area contributed by atoms with E-state index < -0.39 is 0 Å². The molecule has 0 saturated heterocycles. The lowest BCUT2D eigenvalue weighted by Crippen LogP contribution is -2.36. The van der Waals surface area contributed by atoms with Crippen LogP contribution in [0.4, 0.5) is 0 Å². The van der Waals surface area contributed by atoms with Crippen LogP contribution < -0.4 is 11.0 Å². The number of hydrogen-bond acceptors (Lipinski definition) is 2. The number of benzene rings is 2. The number of aromatic nitrogens is 2. The Labute approximate surface area is 172 Å². The highest BCUT2D eigenvalue weighted by Crippen LogP contribution is 2.23. The molecular formula is C24H31N3O2. The van der Waals surface area contributed by atoms with Crippen molar-refractivity contribution in [3.8, 4) is 0 Å². The first-order valence-electron chi connectivity index (χ1n) is 10.3.